The third-order valence-corrected chi connectivity index (χ3v) is 3.83. The van der Waals surface area contributed by atoms with Gasteiger partial charge in [-0.05, 0) is 18.8 Å². The van der Waals surface area contributed by atoms with E-state index in [1.54, 1.807) is 16.8 Å². The first-order valence-corrected chi connectivity index (χ1v) is 6.67. The van der Waals surface area contributed by atoms with E-state index in [0.29, 0.717) is 25.3 Å². The standard InChI is InChI=1S/C12H15N3OS/c1-9-4-12(5-9,7-13)11(16)14-3-2-10-6-17-8-15-10/h6,8-9H,2-5H2,1H3,(H,14,16). The van der Waals surface area contributed by atoms with Gasteiger partial charge in [0.25, 0.3) is 0 Å². The molecule has 1 aromatic heterocycles. The highest BCUT2D eigenvalue weighted by Crippen LogP contribution is 2.44. The Morgan fingerprint density at radius 1 is 1.76 bits per heavy atom. The Hall–Kier alpha value is -1.41. The van der Waals surface area contributed by atoms with Crippen molar-refractivity contribution in [2.75, 3.05) is 6.54 Å². The van der Waals surface area contributed by atoms with Crippen molar-refractivity contribution in [3.63, 3.8) is 0 Å². The molecule has 5 heteroatoms. The van der Waals surface area contributed by atoms with E-state index in [2.05, 4.69) is 23.3 Å². The summed E-state index contributed by atoms with van der Waals surface area (Å²) in [5.41, 5.74) is 2.01. The zero-order valence-corrected chi connectivity index (χ0v) is 10.6. The number of carbonyl (C=O) groups excluding carboxylic acids is 1. The normalized spacial score (nSPS) is 26.9. The Bertz CT molecular complexity index is 429. The van der Waals surface area contributed by atoms with Crippen molar-refractivity contribution < 1.29 is 4.79 Å². The molecule has 2 rings (SSSR count). The van der Waals surface area contributed by atoms with E-state index in [4.69, 9.17) is 5.26 Å². The number of nitrogens with zero attached hydrogens (tertiary/aromatic N) is 2. The minimum atomic E-state index is -0.762. The first kappa shape index (κ1) is 12.1. The largest absolute Gasteiger partial charge is 0.354 e. The minimum absolute atomic E-state index is 0.117. The summed E-state index contributed by atoms with van der Waals surface area (Å²) >= 11 is 1.55. The zero-order chi connectivity index (χ0) is 12.3. The molecule has 0 atom stereocenters. The molecule has 90 valence electrons. The Morgan fingerprint density at radius 3 is 3.06 bits per heavy atom. The summed E-state index contributed by atoms with van der Waals surface area (Å²) in [5, 5.41) is 13.9. The molecule has 1 N–H and O–H groups in total. The van der Waals surface area contributed by atoms with E-state index >= 15 is 0 Å². The number of thiazole rings is 1. The van der Waals surface area contributed by atoms with Crippen LogP contribution in [-0.4, -0.2) is 17.4 Å². The van der Waals surface area contributed by atoms with Gasteiger partial charge < -0.3 is 5.32 Å². The van der Waals surface area contributed by atoms with Gasteiger partial charge in [0.2, 0.25) is 5.91 Å². The quantitative estimate of drug-likeness (QED) is 0.884. The highest BCUT2D eigenvalue weighted by molar-refractivity contribution is 7.07. The lowest BCUT2D eigenvalue weighted by atomic mass is 9.63. The van der Waals surface area contributed by atoms with Gasteiger partial charge in [-0.25, -0.2) is 4.98 Å². The molecular weight excluding hydrogens is 234 g/mol. The van der Waals surface area contributed by atoms with Gasteiger partial charge >= 0.3 is 0 Å². The van der Waals surface area contributed by atoms with Crippen LogP contribution in [0.5, 0.6) is 0 Å². The van der Waals surface area contributed by atoms with Crippen LogP contribution in [-0.2, 0) is 11.2 Å². The molecule has 0 aliphatic heterocycles. The minimum Gasteiger partial charge on any atom is -0.354 e. The monoisotopic (exact) mass is 249 g/mol. The van der Waals surface area contributed by atoms with Crippen LogP contribution in [0.25, 0.3) is 0 Å². The van der Waals surface area contributed by atoms with Gasteiger partial charge in [0.1, 0.15) is 5.41 Å². The molecule has 1 saturated carbocycles. The number of hydrogen-bond acceptors (Lipinski definition) is 4. The van der Waals surface area contributed by atoms with E-state index in [-0.39, 0.29) is 5.91 Å². The summed E-state index contributed by atoms with van der Waals surface area (Å²) in [7, 11) is 0. The highest BCUT2D eigenvalue weighted by atomic mass is 32.1. The van der Waals surface area contributed by atoms with Crippen LogP contribution in [0.3, 0.4) is 0 Å². The third kappa shape index (κ3) is 2.47. The summed E-state index contributed by atoms with van der Waals surface area (Å²) in [6, 6.07) is 2.16. The van der Waals surface area contributed by atoms with E-state index in [1.165, 1.54) is 0 Å². The molecule has 1 amide bonds. The van der Waals surface area contributed by atoms with E-state index in [9.17, 15) is 4.79 Å². The molecule has 17 heavy (non-hydrogen) atoms. The van der Waals surface area contributed by atoms with Crippen molar-refractivity contribution in [1.29, 1.82) is 5.26 Å². The van der Waals surface area contributed by atoms with E-state index in [0.717, 1.165) is 12.1 Å². The molecular formula is C12H15N3OS. The molecule has 1 aromatic rings. The summed E-state index contributed by atoms with van der Waals surface area (Å²) in [6.07, 6.45) is 2.10. The van der Waals surface area contributed by atoms with Crippen LogP contribution in [0.1, 0.15) is 25.5 Å². The van der Waals surface area contributed by atoms with Crippen LogP contribution in [0, 0.1) is 22.7 Å². The number of rotatable bonds is 4. The summed E-state index contributed by atoms with van der Waals surface area (Å²) < 4.78 is 0. The topological polar surface area (TPSA) is 65.8 Å². The maximum absolute atomic E-state index is 11.9. The molecule has 1 heterocycles. The fourth-order valence-electron chi connectivity index (χ4n) is 2.29. The lowest BCUT2D eigenvalue weighted by molar-refractivity contribution is -0.133. The summed E-state index contributed by atoms with van der Waals surface area (Å²) in [6.45, 7) is 2.62. The van der Waals surface area contributed by atoms with Crippen molar-refractivity contribution in [3.05, 3.63) is 16.6 Å². The number of hydrogen-bond donors (Lipinski definition) is 1. The number of carbonyl (C=O) groups is 1. The maximum atomic E-state index is 11.9. The van der Waals surface area contributed by atoms with Gasteiger partial charge in [-0.1, -0.05) is 6.92 Å². The van der Waals surface area contributed by atoms with Crippen molar-refractivity contribution in [2.24, 2.45) is 11.3 Å². The van der Waals surface area contributed by atoms with Crippen molar-refractivity contribution >= 4 is 17.2 Å². The van der Waals surface area contributed by atoms with Crippen LogP contribution >= 0.6 is 11.3 Å². The predicted octanol–water partition coefficient (Wildman–Crippen LogP) is 1.74. The van der Waals surface area contributed by atoms with E-state index < -0.39 is 5.41 Å². The molecule has 0 radical (unpaired) electrons. The van der Waals surface area contributed by atoms with Gasteiger partial charge in [0.05, 0.1) is 17.3 Å². The average molecular weight is 249 g/mol. The second-order valence-electron chi connectivity index (χ2n) is 4.69. The summed E-state index contributed by atoms with van der Waals surface area (Å²) in [5.74, 6) is 0.368. The second-order valence-corrected chi connectivity index (χ2v) is 5.41. The first-order chi connectivity index (χ1) is 8.16. The van der Waals surface area contributed by atoms with Gasteiger partial charge in [-0.2, -0.15) is 5.26 Å². The fourth-order valence-corrected chi connectivity index (χ4v) is 2.88. The van der Waals surface area contributed by atoms with Crippen molar-refractivity contribution in [2.45, 2.75) is 26.2 Å². The molecule has 0 saturated heterocycles. The number of aromatic nitrogens is 1. The van der Waals surface area contributed by atoms with Gasteiger partial charge in [0.15, 0.2) is 0 Å². The highest BCUT2D eigenvalue weighted by Gasteiger charge is 2.48. The van der Waals surface area contributed by atoms with Gasteiger partial charge in [-0.3, -0.25) is 4.79 Å². The Balaban J connectivity index is 1.80. The number of nitrogens with one attached hydrogen (secondary N) is 1. The van der Waals surface area contributed by atoms with Crippen LogP contribution in [0.4, 0.5) is 0 Å². The Labute approximate surface area is 105 Å². The number of amides is 1. The summed E-state index contributed by atoms with van der Waals surface area (Å²) in [4.78, 5) is 16.0. The molecule has 4 nitrogen and oxygen atoms in total. The molecule has 0 spiro atoms. The molecule has 1 fully saturated rings. The fraction of sp³-hybridized carbons (Fsp3) is 0.583. The lowest BCUT2D eigenvalue weighted by Crippen LogP contribution is -2.48. The molecule has 1 aliphatic carbocycles. The predicted molar refractivity (Wildman–Crippen MR) is 65.3 cm³/mol. The Morgan fingerprint density at radius 2 is 2.53 bits per heavy atom. The smallest absolute Gasteiger partial charge is 0.240 e. The molecule has 0 bridgehead atoms. The average Bonchev–Trinajstić information content (AvgIpc) is 2.77. The van der Waals surface area contributed by atoms with Crippen LogP contribution in [0.2, 0.25) is 0 Å². The Kier molecular flexibility index (Phi) is 3.43. The SMILES string of the molecule is CC1CC(C#N)(C(=O)NCCc2cscn2)C1. The zero-order valence-electron chi connectivity index (χ0n) is 9.77. The van der Waals surface area contributed by atoms with Crippen molar-refractivity contribution in [1.82, 2.24) is 10.3 Å². The van der Waals surface area contributed by atoms with Crippen LogP contribution < -0.4 is 5.32 Å². The first-order valence-electron chi connectivity index (χ1n) is 5.73. The van der Waals surface area contributed by atoms with Gasteiger partial charge in [-0.15, -0.1) is 11.3 Å². The van der Waals surface area contributed by atoms with Crippen molar-refractivity contribution in [3.8, 4) is 6.07 Å². The van der Waals surface area contributed by atoms with E-state index in [1.807, 2.05) is 5.38 Å². The molecule has 1 aliphatic rings. The lowest BCUT2D eigenvalue weighted by Gasteiger charge is -2.39. The molecule has 0 aromatic carbocycles. The maximum Gasteiger partial charge on any atom is 0.240 e. The number of nitriles is 1. The van der Waals surface area contributed by atoms with Gasteiger partial charge in [0, 0.05) is 18.3 Å². The molecule has 0 unspecified atom stereocenters. The van der Waals surface area contributed by atoms with Crippen LogP contribution in [0.15, 0.2) is 10.9 Å². The second kappa shape index (κ2) is 4.84. The third-order valence-electron chi connectivity index (χ3n) is 3.19.